The number of thioether (sulfide) groups is 1. The van der Waals surface area contributed by atoms with Crippen molar-refractivity contribution in [1.82, 2.24) is 14.5 Å². The standard InChI is InChI=1S/C16H26N4OS/c1-12-11-18-16(17)14-15(12)20(8-5-4-6-10-22-3)13(19-14)7-9-21-2/h11H,4-10H2,1-3H3,(H2,17,18). The minimum Gasteiger partial charge on any atom is -0.384 e. The number of nitrogens with zero attached hydrogens (tertiary/aromatic N) is 3. The molecule has 2 aromatic rings. The maximum atomic E-state index is 6.01. The van der Waals surface area contributed by atoms with Crippen LogP contribution < -0.4 is 5.73 Å². The molecular formula is C16H26N4OS. The zero-order valence-corrected chi connectivity index (χ0v) is 14.6. The lowest BCUT2D eigenvalue weighted by atomic mass is 10.2. The summed E-state index contributed by atoms with van der Waals surface area (Å²) in [6.07, 6.45) is 8.46. The first kappa shape index (κ1) is 17.1. The Kier molecular flexibility index (Phi) is 6.51. The summed E-state index contributed by atoms with van der Waals surface area (Å²) < 4.78 is 7.52. The highest BCUT2D eigenvalue weighted by atomic mass is 32.2. The van der Waals surface area contributed by atoms with Crippen LogP contribution in [-0.4, -0.2) is 40.3 Å². The van der Waals surface area contributed by atoms with E-state index < -0.39 is 0 Å². The van der Waals surface area contributed by atoms with Gasteiger partial charge < -0.3 is 15.0 Å². The van der Waals surface area contributed by atoms with Crippen LogP contribution in [0.15, 0.2) is 6.20 Å². The fraction of sp³-hybridized carbons (Fsp3) is 0.625. The topological polar surface area (TPSA) is 66.0 Å². The molecule has 2 heterocycles. The largest absolute Gasteiger partial charge is 0.384 e. The number of imidazole rings is 1. The monoisotopic (exact) mass is 322 g/mol. The highest BCUT2D eigenvalue weighted by Crippen LogP contribution is 2.24. The number of rotatable bonds is 9. The Morgan fingerprint density at radius 3 is 2.86 bits per heavy atom. The molecule has 5 nitrogen and oxygen atoms in total. The SMILES string of the molecule is COCCc1nc2c(N)ncc(C)c2n1CCCCCSC. The average molecular weight is 322 g/mol. The van der Waals surface area contributed by atoms with E-state index in [2.05, 4.69) is 22.7 Å². The van der Waals surface area contributed by atoms with E-state index in [4.69, 9.17) is 15.5 Å². The zero-order chi connectivity index (χ0) is 15.9. The maximum absolute atomic E-state index is 6.01. The van der Waals surface area contributed by atoms with Gasteiger partial charge in [0.15, 0.2) is 5.82 Å². The zero-order valence-electron chi connectivity index (χ0n) is 13.8. The minimum absolute atomic E-state index is 0.514. The van der Waals surface area contributed by atoms with Gasteiger partial charge >= 0.3 is 0 Å². The van der Waals surface area contributed by atoms with Gasteiger partial charge in [-0.3, -0.25) is 0 Å². The Bertz CT molecular complexity index is 612. The van der Waals surface area contributed by atoms with E-state index in [9.17, 15) is 0 Å². The van der Waals surface area contributed by atoms with Crippen LogP contribution in [0.2, 0.25) is 0 Å². The van der Waals surface area contributed by atoms with Crippen molar-refractivity contribution in [3.63, 3.8) is 0 Å². The maximum Gasteiger partial charge on any atom is 0.151 e. The van der Waals surface area contributed by atoms with E-state index >= 15 is 0 Å². The lowest BCUT2D eigenvalue weighted by molar-refractivity contribution is 0.199. The molecule has 22 heavy (non-hydrogen) atoms. The van der Waals surface area contributed by atoms with Gasteiger partial charge in [0, 0.05) is 26.3 Å². The molecule has 2 rings (SSSR count). The lowest BCUT2D eigenvalue weighted by Gasteiger charge is -2.10. The number of ether oxygens (including phenoxy) is 1. The Morgan fingerprint density at radius 2 is 2.14 bits per heavy atom. The number of nitrogen functional groups attached to an aromatic ring is 1. The van der Waals surface area contributed by atoms with E-state index in [1.54, 1.807) is 7.11 Å². The number of aryl methyl sites for hydroxylation is 2. The van der Waals surface area contributed by atoms with Gasteiger partial charge in [0.2, 0.25) is 0 Å². The molecule has 0 aliphatic rings. The number of methoxy groups -OCH3 is 1. The summed E-state index contributed by atoms with van der Waals surface area (Å²) in [5, 5.41) is 0. The van der Waals surface area contributed by atoms with Crippen LogP contribution in [0.5, 0.6) is 0 Å². The molecule has 0 aliphatic heterocycles. The van der Waals surface area contributed by atoms with Gasteiger partial charge in [0.1, 0.15) is 11.3 Å². The van der Waals surface area contributed by atoms with Crippen LogP contribution in [0.1, 0.15) is 30.7 Å². The van der Waals surface area contributed by atoms with Gasteiger partial charge in [0.25, 0.3) is 0 Å². The third-order valence-electron chi connectivity index (χ3n) is 3.82. The first-order valence-corrected chi connectivity index (χ1v) is 9.16. The van der Waals surface area contributed by atoms with Gasteiger partial charge in [-0.15, -0.1) is 0 Å². The molecule has 2 N–H and O–H groups in total. The molecule has 0 atom stereocenters. The van der Waals surface area contributed by atoms with Crippen molar-refractivity contribution in [2.75, 3.05) is 31.5 Å². The first-order chi connectivity index (χ1) is 10.7. The highest BCUT2D eigenvalue weighted by Gasteiger charge is 2.15. The second-order valence-corrected chi connectivity index (χ2v) is 6.49. The third-order valence-corrected chi connectivity index (χ3v) is 4.52. The van der Waals surface area contributed by atoms with Crippen LogP contribution >= 0.6 is 11.8 Å². The van der Waals surface area contributed by atoms with Gasteiger partial charge in [-0.05, 0) is 37.3 Å². The van der Waals surface area contributed by atoms with Crippen molar-refractivity contribution in [2.45, 2.75) is 39.2 Å². The Balaban J connectivity index is 2.25. The van der Waals surface area contributed by atoms with Gasteiger partial charge in [-0.2, -0.15) is 11.8 Å². The predicted molar refractivity (Wildman–Crippen MR) is 94.5 cm³/mol. The minimum atomic E-state index is 0.514. The summed E-state index contributed by atoms with van der Waals surface area (Å²) in [7, 11) is 1.72. The van der Waals surface area contributed by atoms with E-state index in [-0.39, 0.29) is 0 Å². The number of hydrogen-bond donors (Lipinski definition) is 1. The molecule has 0 aliphatic carbocycles. The molecule has 0 bridgehead atoms. The van der Waals surface area contributed by atoms with E-state index in [1.807, 2.05) is 18.0 Å². The van der Waals surface area contributed by atoms with Crippen molar-refractivity contribution in [3.8, 4) is 0 Å². The summed E-state index contributed by atoms with van der Waals surface area (Å²) in [6, 6.07) is 0. The summed E-state index contributed by atoms with van der Waals surface area (Å²) in [5.41, 5.74) is 9.10. The molecule has 2 aromatic heterocycles. The molecule has 0 saturated carbocycles. The van der Waals surface area contributed by atoms with E-state index in [0.29, 0.717) is 12.4 Å². The Morgan fingerprint density at radius 1 is 1.32 bits per heavy atom. The number of nitrogens with two attached hydrogens (primary N) is 1. The number of unbranched alkanes of at least 4 members (excludes halogenated alkanes) is 2. The summed E-state index contributed by atoms with van der Waals surface area (Å²) in [5.74, 6) is 2.79. The summed E-state index contributed by atoms with van der Waals surface area (Å²) in [6.45, 7) is 3.72. The smallest absolute Gasteiger partial charge is 0.151 e. The molecule has 0 spiro atoms. The molecule has 0 saturated heterocycles. The number of hydrogen-bond acceptors (Lipinski definition) is 5. The summed E-state index contributed by atoms with van der Waals surface area (Å²) >= 11 is 1.91. The fourth-order valence-corrected chi connectivity index (χ4v) is 3.18. The lowest BCUT2D eigenvalue weighted by Crippen LogP contribution is -2.08. The molecule has 0 fully saturated rings. The molecule has 6 heteroatoms. The average Bonchev–Trinajstić information content (AvgIpc) is 2.88. The van der Waals surface area contributed by atoms with Crippen LogP contribution in [0.25, 0.3) is 11.0 Å². The number of pyridine rings is 1. The van der Waals surface area contributed by atoms with Crippen LogP contribution in [0.3, 0.4) is 0 Å². The predicted octanol–water partition coefficient (Wildman–Crippen LogP) is 3.04. The number of aromatic nitrogens is 3. The van der Waals surface area contributed by atoms with Gasteiger partial charge in [-0.25, -0.2) is 9.97 Å². The van der Waals surface area contributed by atoms with Gasteiger partial charge in [-0.1, -0.05) is 6.42 Å². The molecule has 0 amide bonds. The third kappa shape index (κ3) is 3.93. The number of anilines is 1. The second-order valence-electron chi connectivity index (χ2n) is 5.50. The van der Waals surface area contributed by atoms with Crippen molar-refractivity contribution < 1.29 is 4.74 Å². The molecule has 0 radical (unpaired) electrons. The highest BCUT2D eigenvalue weighted by molar-refractivity contribution is 7.98. The number of fused-ring (bicyclic) bond motifs is 1. The van der Waals surface area contributed by atoms with Crippen molar-refractivity contribution in [2.24, 2.45) is 0 Å². The van der Waals surface area contributed by atoms with Crippen molar-refractivity contribution in [3.05, 3.63) is 17.6 Å². The second kappa shape index (κ2) is 8.39. The van der Waals surface area contributed by atoms with Crippen LogP contribution in [0, 0.1) is 6.92 Å². The fourth-order valence-electron chi connectivity index (χ4n) is 2.68. The molecular weight excluding hydrogens is 296 g/mol. The van der Waals surface area contributed by atoms with Crippen molar-refractivity contribution >= 4 is 28.6 Å². The molecule has 0 aromatic carbocycles. The molecule has 122 valence electrons. The van der Waals surface area contributed by atoms with Crippen molar-refractivity contribution in [1.29, 1.82) is 0 Å². The summed E-state index contributed by atoms with van der Waals surface area (Å²) in [4.78, 5) is 8.95. The van der Waals surface area contributed by atoms with Crippen LogP contribution in [0.4, 0.5) is 5.82 Å². The Hall–Kier alpha value is -1.27. The van der Waals surface area contributed by atoms with Gasteiger partial charge in [0.05, 0.1) is 12.1 Å². The first-order valence-electron chi connectivity index (χ1n) is 7.77. The van der Waals surface area contributed by atoms with E-state index in [1.165, 1.54) is 18.6 Å². The quantitative estimate of drug-likeness (QED) is 0.719. The van der Waals surface area contributed by atoms with Crippen LogP contribution in [-0.2, 0) is 17.7 Å². The van der Waals surface area contributed by atoms with E-state index in [0.717, 1.165) is 41.8 Å². The normalized spacial score (nSPS) is 11.4. The Labute approximate surface area is 136 Å². The molecule has 0 unspecified atom stereocenters.